The average molecular weight is 248 g/mol. The fourth-order valence-corrected chi connectivity index (χ4v) is 2.18. The maximum atomic E-state index is 12.2. The highest BCUT2D eigenvalue weighted by Crippen LogP contribution is 2.25. The SMILES string of the molecule is CCN(CC(=O)O)C(=O)C1Cc2ccccc2N1. The van der Waals surface area contributed by atoms with E-state index >= 15 is 0 Å². The number of carboxylic acids is 1. The van der Waals surface area contributed by atoms with Gasteiger partial charge < -0.3 is 15.3 Å². The van der Waals surface area contributed by atoms with Gasteiger partial charge >= 0.3 is 5.97 Å². The Hall–Kier alpha value is -2.04. The normalized spacial score (nSPS) is 16.8. The number of carboxylic acid groups (broad SMARTS) is 1. The van der Waals surface area contributed by atoms with E-state index in [1.165, 1.54) is 4.90 Å². The summed E-state index contributed by atoms with van der Waals surface area (Å²) < 4.78 is 0. The van der Waals surface area contributed by atoms with Crippen molar-refractivity contribution < 1.29 is 14.7 Å². The zero-order valence-corrected chi connectivity index (χ0v) is 10.2. The molecule has 1 amide bonds. The molecule has 2 rings (SSSR count). The van der Waals surface area contributed by atoms with Crippen LogP contribution in [0.2, 0.25) is 0 Å². The maximum Gasteiger partial charge on any atom is 0.323 e. The molecule has 5 heteroatoms. The number of benzene rings is 1. The van der Waals surface area contributed by atoms with E-state index in [0.717, 1.165) is 11.3 Å². The maximum absolute atomic E-state index is 12.2. The average Bonchev–Trinajstić information content (AvgIpc) is 2.78. The first-order valence-corrected chi connectivity index (χ1v) is 5.97. The number of hydrogen-bond acceptors (Lipinski definition) is 3. The summed E-state index contributed by atoms with van der Waals surface area (Å²) in [5.74, 6) is -1.14. The minimum absolute atomic E-state index is 0.156. The highest BCUT2D eigenvalue weighted by atomic mass is 16.4. The third-order valence-electron chi connectivity index (χ3n) is 3.09. The van der Waals surface area contributed by atoms with Gasteiger partial charge in [-0.25, -0.2) is 0 Å². The lowest BCUT2D eigenvalue weighted by Crippen LogP contribution is -2.44. The lowest BCUT2D eigenvalue weighted by atomic mass is 10.1. The third kappa shape index (κ3) is 2.45. The van der Waals surface area contributed by atoms with E-state index in [-0.39, 0.29) is 18.5 Å². The highest BCUT2D eigenvalue weighted by Gasteiger charge is 2.30. The first-order valence-electron chi connectivity index (χ1n) is 5.97. The fourth-order valence-electron chi connectivity index (χ4n) is 2.18. The Morgan fingerprint density at radius 2 is 2.17 bits per heavy atom. The van der Waals surface area contributed by atoms with E-state index in [1.54, 1.807) is 6.92 Å². The molecule has 1 aliphatic rings. The molecule has 0 spiro atoms. The number of fused-ring (bicyclic) bond motifs is 1. The molecule has 0 bridgehead atoms. The number of carbonyl (C=O) groups is 2. The van der Waals surface area contributed by atoms with Crippen LogP contribution in [-0.4, -0.2) is 41.0 Å². The molecule has 0 fully saturated rings. The van der Waals surface area contributed by atoms with Gasteiger partial charge in [0.2, 0.25) is 5.91 Å². The fraction of sp³-hybridized carbons (Fsp3) is 0.385. The van der Waals surface area contributed by atoms with Gasteiger partial charge in [0, 0.05) is 18.7 Å². The summed E-state index contributed by atoms with van der Waals surface area (Å²) in [5, 5.41) is 11.9. The van der Waals surface area contributed by atoms with Crippen molar-refractivity contribution in [1.29, 1.82) is 0 Å². The molecule has 5 nitrogen and oxygen atoms in total. The minimum Gasteiger partial charge on any atom is -0.480 e. The Morgan fingerprint density at radius 3 is 2.78 bits per heavy atom. The molecule has 1 aliphatic heterocycles. The smallest absolute Gasteiger partial charge is 0.323 e. The van der Waals surface area contributed by atoms with E-state index in [9.17, 15) is 9.59 Å². The molecule has 1 aromatic carbocycles. The van der Waals surface area contributed by atoms with Crippen LogP contribution < -0.4 is 5.32 Å². The monoisotopic (exact) mass is 248 g/mol. The molecule has 1 atom stereocenters. The van der Waals surface area contributed by atoms with Crippen molar-refractivity contribution in [2.24, 2.45) is 0 Å². The molecule has 0 radical (unpaired) electrons. The Balaban J connectivity index is 2.06. The predicted molar refractivity (Wildman–Crippen MR) is 67.4 cm³/mol. The van der Waals surface area contributed by atoms with Crippen LogP contribution in [0.4, 0.5) is 5.69 Å². The molecule has 0 saturated carbocycles. The number of amides is 1. The number of aliphatic carboxylic acids is 1. The van der Waals surface area contributed by atoms with Crippen molar-refractivity contribution in [3.05, 3.63) is 29.8 Å². The number of carbonyl (C=O) groups excluding carboxylic acids is 1. The molecule has 0 saturated heterocycles. The van der Waals surface area contributed by atoms with Crippen LogP contribution in [0.15, 0.2) is 24.3 Å². The highest BCUT2D eigenvalue weighted by molar-refractivity contribution is 5.89. The lowest BCUT2D eigenvalue weighted by molar-refractivity contribution is -0.144. The quantitative estimate of drug-likeness (QED) is 0.832. The number of rotatable bonds is 4. The van der Waals surface area contributed by atoms with Crippen molar-refractivity contribution in [2.75, 3.05) is 18.4 Å². The van der Waals surface area contributed by atoms with Crippen LogP contribution in [0, 0.1) is 0 Å². The van der Waals surface area contributed by atoms with Gasteiger partial charge in [0.15, 0.2) is 0 Å². The predicted octanol–water partition coefficient (Wildman–Crippen LogP) is 0.956. The topological polar surface area (TPSA) is 69.6 Å². The Bertz CT molecular complexity index is 448. The number of nitrogens with zero attached hydrogens (tertiary/aromatic N) is 1. The van der Waals surface area contributed by atoms with Crippen LogP contribution in [0.5, 0.6) is 0 Å². The minimum atomic E-state index is -0.985. The van der Waals surface area contributed by atoms with Gasteiger partial charge in [0.25, 0.3) is 0 Å². The molecule has 96 valence electrons. The van der Waals surface area contributed by atoms with Crippen LogP contribution in [-0.2, 0) is 16.0 Å². The van der Waals surface area contributed by atoms with Crippen molar-refractivity contribution in [2.45, 2.75) is 19.4 Å². The number of anilines is 1. The van der Waals surface area contributed by atoms with Gasteiger partial charge in [-0.15, -0.1) is 0 Å². The van der Waals surface area contributed by atoms with Gasteiger partial charge in [0.05, 0.1) is 0 Å². The largest absolute Gasteiger partial charge is 0.480 e. The second-order valence-corrected chi connectivity index (χ2v) is 4.30. The third-order valence-corrected chi connectivity index (χ3v) is 3.09. The molecule has 0 aliphatic carbocycles. The summed E-state index contributed by atoms with van der Waals surface area (Å²) in [6.07, 6.45) is 0.616. The number of likely N-dealkylation sites (N-methyl/N-ethyl adjacent to an activating group) is 1. The molecule has 1 aromatic rings. The van der Waals surface area contributed by atoms with Gasteiger partial charge in [-0.1, -0.05) is 18.2 Å². The van der Waals surface area contributed by atoms with E-state index < -0.39 is 5.97 Å². The van der Waals surface area contributed by atoms with Gasteiger partial charge in [-0.3, -0.25) is 9.59 Å². The molecule has 0 aromatic heterocycles. The van der Waals surface area contributed by atoms with E-state index in [0.29, 0.717) is 13.0 Å². The van der Waals surface area contributed by atoms with Crippen LogP contribution >= 0.6 is 0 Å². The zero-order valence-electron chi connectivity index (χ0n) is 10.2. The molecule has 1 unspecified atom stereocenters. The van der Waals surface area contributed by atoms with Crippen molar-refractivity contribution in [3.8, 4) is 0 Å². The zero-order chi connectivity index (χ0) is 13.1. The number of para-hydroxylation sites is 1. The van der Waals surface area contributed by atoms with Crippen molar-refractivity contribution in [1.82, 2.24) is 4.90 Å². The van der Waals surface area contributed by atoms with Gasteiger partial charge in [0.1, 0.15) is 12.6 Å². The van der Waals surface area contributed by atoms with Gasteiger partial charge in [-0.05, 0) is 18.6 Å². The molecule has 18 heavy (non-hydrogen) atoms. The standard InChI is InChI=1S/C13H16N2O3/c1-2-15(8-12(16)17)13(18)11-7-9-5-3-4-6-10(9)14-11/h3-6,11,14H,2,7-8H2,1H3,(H,16,17). The van der Waals surface area contributed by atoms with Crippen molar-refractivity contribution in [3.63, 3.8) is 0 Å². The lowest BCUT2D eigenvalue weighted by Gasteiger charge is -2.22. The summed E-state index contributed by atoms with van der Waals surface area (Å²) in [7, 11) is 0. The first kappa shape index (κ1) is 12.4. The second kappa shape index (κ2) is 5.08. The summed E-state index contributed by atoms with van der Waals surface area (Å²) in [5.41, 5.74) is 2.06. The van der Waals surface area contributed by atoms with Crippen LogP contribution in [0.3, 0.4) is 0 Å². The summed E-state index contributed by atoms with van der Waals surface area (Å²) >= 11 is 0. The second-order valence-electron chi connectivity index (χ2n) is 4.30. The van der Waals surface area contributed by atoms with Crippen molar-refractivity contribution >= 4 is 17.6 Å². The molecular formula is C13H16N2O3. The van der Waals surface area contributed by atoms with E-state index in [2.05, 4.69) is 5.32 Å². The molecular weight excluding hydrogens is 232 g/mol. The summed E-state index contributed by atoms with van der Waals surface area (Å²) in [4.78, 5) is 24.2. The number of hydrogen-bond donors (Lipinski definition) is 2. The van der Waals surface area contributed by atoms with Crippen LogP contribution in [0.1, 0.15) is 12.5 Å². The van der Waals surface area contributed by atoms with Gasteiger partial charge in [-0.2, -0.15) is 0 Å². The Morgan fingerprint density at radius 1 is 1.44 bits per heavy atom. The Kier molecular flexibility index (Phi) is 3.50. The van der Waals surface area contributed by atoms with E-state index in [1.807, 2.05) is 24.3 Å². The Labute approximate surface area is 105 Å². The van der Waals surface area contributed by atoms with E-state index in [4.69, 9.17) is 5.11 Å². The molecule has 1 heterocycles. The summed E-state index contributed by atoms with van der Waals surface area (Å²) in [6.45, 7) is 1.94. The molecule has 2 N–H and O–H groups in total. The van der Waals surface area contributed by atoms with Crippen LogP contribution in [0.25, 0.3) is 0 Å². The number of nitrogens with one attached hydrogen (secondary N) is 1. The summed E-state index contributed by atoms with van der Waals surface area (Å²) in [6, 6.07) is 7.40. The first-order chi connectivity index (χ1) is 8.61.